The first kappa shape index (κ1) is 12.4. The van der Waals surface area contributed by atoms with Crippen LogP contribution in [0.15, 0.2) is 16.6 Å². The van der Waals surface area contributed by atoms with Gasteiger partial charge < -0.3 is 4.55 Å². The first-order chi connectivity index (χ1) is 7.13. The van der Waals surface area contributed by atoms with Gasteiger partial charge in [0.25, 0.3) is 0 Å². The Labute approximate surface area is 99.8 Å². The number of halogens is 2. The number of hydrogen-bond donors (Lipinski definition) is 1. The molecule has 1 heterocycles. The molecule has 0 saturated heterocycles. The van der Waals surface area contributed by atoms with Gasteiger partial charge in [0.2, 0.25) is 6.19 Å². The quantitative estimate of drug-likeness (QED) is 0.674. The zero-order chi connectivity index (χ0) is 11.3. The van der Waals surface area contributed by atoms with Gasteiger partial charge in [-0.3, -0.25) is 0 Å². The minimum Gasteiger partial charge on any atom is -0.321 e. The highest BCUT2D eigenvalue weighted by atomic mass is 35.5. The number of aromatic nitrogens is 1. The summed E-state index contributed by atoms with van der Waals surface area (Å²) < 4.78 is 12.5. The molecule has 0 aromatic carbocycles. The highest BCUT2D eigenvalue weighted by Crippen LogP contribution is 2.19. The molecular weight excluding hydrogens is 257 g/mol. The Kier molecular flexibility index (Phi) is 4.99. The molecule has 0 saturated carbocycles. The normalized spacial score (nSPS) is 12.4. The molecule has 0 aliphatic carbocycles. The fourth-order valence-corrected chi connectivity index (χ4v) is 1.96. The Morgan fingerprint density at radius 2 is 2.33 bits per heavy atom. The molecule has 1 aromatic rings. The van der Waals surface area contributed by atoms with Crippen LogP contribution in [0.1, 0.15) is 5.56 Å². The van der Waals surface area contributed by atoms with Crippen molar-refractivity contribution >= 4 is 34.2 Å². The van der Waals surface area contributed by atoms with Crippen LogP contribution >= 0.6 is 23.2 Å². The van der Waals surface area contributed by atoms with Crippen molar-refractivity contribution in [3.63, 3.8) is 0 Å². The van der Waals surface area contributed by atoms with E-state index in [2.05, 4.69) is 9.35 Å². The lowest BCUT2D eigenvalue weighted by Crippen LogP contribution is -2.00. The third kappa shape index (κ3) is 4.14. The van der Waals surface area contributed by atoms with Crippen molar-refractivity contribution in [2.75, 3.05) is 5.75 Å². The van der Waals surface area contributed by atoms with E-state index in [1.165, 1.54) is 6.07 Å². The van der Waals surface area contributed by atoms with Crippen molar-refractivity contribution in [2.24, 2.45) is 4.36 Å². The predicted molar refractivity (Wildman–Crippen MR) is 60.9 cm³/mol. The van der Waals surface area contributed by atoms with Crippen molar-refractivity contribution in [1.82, 2.24) is 4.98 Å². The molecule has 0 amide bonds. The molecule has 4 nitrogen and oxygen atoms in total. The summed E-state index contributed by atoms with van der Waals surface area (Å²) in [4.78, 5) is 3.87. The molecule has 15 heavy (non-hydrogen) atoms. The van der Waals surface area contributed by atoms with Crippen LogP contribution in [0.4, 0.5) is 0 Å². The highest BCUT2D eigenvalue weighted by molar-refractivity contribution is 7.81. The van der Waals surface area contributed by atoms with Gasteiger partial charge in [-0.2, -0.15) is 5.26 Å². The molecule has 0 aliphatic rings. The number of nitriles is 1. The predicted octanol–water partition coefficient (Wildman–Crippen LogP) is 2.69. The Morgan fingerprint density at radius 3 is 2.93 bits per heavy atom. The van der Waals surface area contributed by atoms with E-state index in [1.54, 1.807) is 12.4 Å². The number of nitrogens with zero attached hydrogens (tertiary/aromatic N) is 3. The van der Waals surface area contributed by atoms with E-state index in [1.807, 2.05) is 0 Å². The lowest BCUT2D eigenvalue weighted by molar-refractivity contribution is 0.647. The first-order valence-electron chi connectivity index (χ1n) is 3.93. The molecule has 1 aromatic heterocycles. The molecular formula is C8H7Cl2N3OS. The van der Waals surface area contributed by atoms with E-state index >= 15 is 0 Å². The van der Waals surface area contributed by atoms with Gasteiger partial charge >= 0.3 is 0 Å². The SMILES string of the molecule is N#CN=S(O)CCc1cnc(Cl)cc1Cl. The second-order valence-corrected chi connectivity index (χ2v) is 4.65. The highest BCUT2D eigenvalue weighted by Gasteiger charge is 2.03. The zero-order valence-corrected chi connectivity index (χ0v) is 9.85. The van der Waals surface area contributed by atoms with E-state index < -0.39 is 11.0 Å². The lowest BCUT2D eigenvalue weighted by Gasteiger charge is -2.02. The minimum atomic E-state index is -1.24. The fraction of sp³-hybridized carbons (Fsp3) is 0.250. The summed E-state index contributed by atoms with van der Waals surface area (Å²) in [6.07, 6.45) is 3.60. The molecule has 1 unspecified atom stereocenters. The van der Waals surface area contributed by atoms with Crippen LogP contribution in [0.3, 0.4) is 0 Å². The molecule has 1 rings (SSSR count). The van der Waals surface area contributed by atoms with E-state index in [9.17, 15) is 4.55 Å². The third-order valence-electron chi connectivity index (χ3n) is 1.60. The summed E-state index contributed by atoms with van der Waals surface area (Å²) in [5.74, 6) is 0.358. The van der Waals surface area contributed by atoms with Crippen LogP contribution in [-0.2, 0) is 17.4 Å². The fourth-order valence-electron chi connectivity index (χ4n) is 0.914. The van der Waals surface area contributed by atoms with Gasteiger partial charge in [-0.1, -0.05) is 23.2 Å². The molecule has 0 bridgehead atoms. The minimum absolute atomic E-state index is 0.327. The second kappa shape index (κ2) is 6.03. The topological polar surface area (TPSA) is 69.3 Å². The molecule has 80 valence electrons. The summed E-state index contributed by atoms with van der Waals surface area (Å²) in [7, 11) is -1.24. The Morgan fingerprint density at radius 1 is 1.60 bits per heavy atom. The molecule has 0 spiro atoms. The number of pyridine rings is 1. The van der Waals surface area contributed by atoms with E-state index in [-0.39, 0.29) is 0 Å². The zero-order valence-electron chi connectivity index (χ0n) is 7.52. The van der Waals surface area contributed by atoms with Crippen LogP contribution in [0, 0.1) is 11.5 Å². The Bertz CT molecular complexity index is 430. The summed E-state index contributed by atoms with van der Waals surface area (Å²) in [6, 6.07) is 1.54. The van der Waals surface area contributed by atoms with Crippen LogP contribution < -0.4 is 0 Å². The molecule has 0 aliphatic heterocycles. The van der Waals surface area contributed by atoms with Crippen molar-refractivity contribution in [2.45, 2.75) is 6.42 Å². The lowest BCUT2D eigenvalue weighted by atomic mass is 10.2. The van der Waals surface area contributed by atoms with Gasteiger partial charge in [0.1, 0.15) is 5.15 Å². The standard InChI is InChI=1S/C8H7Cl2N3OS/c9-7-3-8(10)12-4-6(7)1-2-15(14)13-5-11/h3-4H,1-2H2,(H,13,14). The monoisotopic (exact) mass is 263 g/mol. The Hall–Kier alpha value is -0.670. The maximum absolute atomic E-state index is 9.21. The third-order valence-corrected chi connectivity index (χ3v) is 3.02. The summed E-state index contributed by atoms with van der Waals surface area (Å²) in [5.41, 5.74) is 0.778. The van der Waals surface area contributed by atoms with E-state index in [0.717, 1.165) is 5.56 Å². The van der Waals surface area contributed by atoms with Crippen LogP contribution in [0.5, 0.6) is 0 Å². The molecule has 7 heteroatoms. The maximum atomic E-state index is 9.21. The molecule has 1 N–H and O–H groups in total. The van der Waals surface area contributed by atoms with E-state index in [0.29, 0.717) is 22.3 Å². The van der Waals surface area contributed by atoms with Crippen molar-refractivity contribution in [3.8, 4) is 6.19 Å². The van der Waals surface area contributed by atoms with Crippen molar-refractivity contribution in [3.05, 3.63) is 28.0 Å². The van der Waals surface area contributed by atoms with Gasteiger partial charge in [0, 0.05) is 27.9 Å². The van der Waals surface area contributed by atoms with Gasteiger partial charge in [0.15, 0.2) is 0 Å². The first-order valence-corrected chi connectivity index (χ1v) is 5.99. The molecule has 1 atom stereocenters. The maximum Gasteiger partial charge on any atom is 0.214 e. The van der Waals surface area contributed by atoms with E-state index in [4.69, 9.17) is 28.5 Å². The van der Waals surface area contributed by atoms with Crippen LogP contribution in [0.25, 0.3) is 0 Å². The van der Waals surface area contributed by atoms with Gasteiger partial charge in [-0.25, -0.2) is 4.98 Å². The summed E-state index contributed by atoms with van der Waals surface area (Å²) in [6.45, 7) is 0. The largest absolute Gasteiger partial charge is 0.321 e. The van der Waals surface area contributed by atoms with Crippen LogP contribution in [0.2, 0.25) is 10.2 Å². The number of aryl methyl sites for hydroxylation is 1. The number of rotatable bonds is 3. The van der Waals surface area contributed by atoms with Gasteiger partial charge in [-0.05, 0) is 18.1 Å². The summed E-state index contributed by atoms with van der Waals surface area (Å²) in [5, 5.41) is 9.03. The van der Waals surface area contributed by atoms with Gasteiger partial charge in [0.05, 0.1) is 0 Å². The smallest absolute Gasteiger partial charge is 0.214 e. The molecule has 0 fully saturated rings. The molecule has 0 radical (unpaired) electrons. The van der Waals surface area contributed by atoms with Crippen molar-refractivity contribution < 1.29 is 4.55 Å². The Balaban J connectivity index is 2.67. The second-order valence-electron chi connectivity index (χ2n) is 2.58. The average molecular weight is 264 g/mol. The number of hydrogen-bond acceptors (Lipinski definition) is 3. The van der Waals surface area contributed by atoms with Crippen molar-refractivity contribution in [1.29, 1.82) is 5.26 Å². The average Bonchev–Trinajstić information content (AvgIpc) is 2.17. The van der Waals surface area contributed by atoms with Crippen LogP contribution in [-0.4, -0.2) is 15.3 Å². The van der Waals surface area contributed by atoms with Gasteiger partial charge in [-0.15, -0.1) is 4.36 Å². The summed E-state index contributed by atoms with van der Waals surface area (Å²) >= 11 is 11.5.